The van der Waals surface area contributed by atoms with Crippen molar-refractivity contribution in [2.45, 2.75) is 30.2 Å². The van der Waals surface area contributed by atoms with E-state index >= 15 is 0 Å². The number of aliphatic hydroxyl groups excluding tert-OH is 1. The van der Waals surface area contributed by atoms with Crippen LogP contribution < -0.4 is 5.32 Å². The van der Waals surface area contributed by atoms with Crippen LogP contribution >= 0.6 is 22.9 Å². The summed E-state index contributed by atoms with van der Waals surface area (Å²) in [6.45, 7) is 3.66. The molecular formula is C19H25ClN2O4S2. The van der Waals surface area contributed by atoms with E-state index in [1.54, 1.807) is 29.5 Å². The Hall–Kier alpha value is -1.000. The van der Waals surface area contributed by atoms with E-state index in [1.807, 2.05) is 18.2 Å². The zero-order valence-electron chi connectivity index (χ0n) is 15.7. The van der Waals surface area contributed by atoms with Crippen LogP contribution in [-0.2, 0) is 27.5 Å². The Kier molecular flexibility index (Phi) is 7.49. The lowest BCUT2D eigenvalue weighted by molar-refractivity contribution is -0.0358. The summed E-state index contributed by atoms with van der Waals surface area (Å²) in [5.41, 5.74) is 0.767. The molecule has 1 aliphatic rings. The molecule has 0 saturated carbocycles. The van der Waals surface area contributed by atoms with Gasteiger partial charge in [-0.2, -0.15) is 0 Å². The molecule has 6 nitrogen and oxygen atoms in total. The number of sulfone groups is 1. The van der Waals surface area contributed by atoms with Crippen molar-refractivity contribution >= 4 is 32.8 Å². The molecule has 2 unspecified atom stereocenters. The third kappa shape index (κ3) is 6.52. The van der Waals surface area contributed by atoms with Gasteiger partial charge in [0.15, 0.2) is 9.84 Å². The average Bonchev–Trinajstić information content (AvgIpc) is 3.04. The number of hydrogen-bond acceptors (Lipinski definition) is 7. The van der Waals surface area contributed by atoms with Gasteiger partial charge in [-0.3, -0.25) is 10.2 Å². The van der Waals surface area contributed by atoms with Gasteiger partial charge < -0.3 is 9.84 Å². The molecule has 2 N–H and O–H groups in total. The Morgan fingerprint density at radius 2 is 2.21 bits per heavy atom. The Balaban J connectivity index is 1.47. The van der Waals surface area contributed by atoms with Gasteiger partial charge in [-0.1, -0.05) is 23.7 Å². The lowest BCUT2D eigenvalue weighted by atomic mass is 10.1. The van der Waals surface area contributed by atoms with Crippen LogP contribution in [0.15, 0.2) is 41.3 Å². The van der Waals surface area contributed by atoms with Crippen molar-refractivity contribution in [2.75, 3.05) is 32.5 Å². The zero-order chi connectivity index (χ0) is 20.1. The number of aliphatic hydroxyl groups is 1. The normalized spacial score (nSPS) is 19.6. The maximum Gasteiger partial charge on any atom is 0.175 e. The molecule has 28 heavy (non-hydrogen) atoms. The molecule has 1 aromatic carbocycles. The number of halogens is 1. The SMILES string of the molecule is CS(=O)(=O)c1cccc(CC(O)NCC2CN(Cc3ccc(Cl)s3)CCO2)c1. The minimum atomic E-state index is -3.26. The Morgan fingerprint density at radius 3 is 2.93 bits per heavy atom. The van der Waals surface area contributed by atoms with Crippen LogP contribution in [0.4, 0.5) is 0 Å². The average molecular weight is 445 g/mol. The van der Waals surface area contributed by atoms with Crippen molar-refractivity contribution in [1.82, 2.24) is 10.2 Å². The first kappa shape index (κ1) is 21.7. The second-order valence-corrected chi connectivity index (χ2v) is 10.8. The molecule has 2 atom stereocenters. The fourth-order valence-corrected chi connectivity index (χ4v) is 4.99. The third-order valence-corrected chi connectivity index (χ3v) is 6.89. The van der Waals surface area contributed by atoms with Gasteiger partial charge in [-0.15, -0.1) is 11.3 Å². The highest BCUT2D eigenvalue weighted by atomic mass is 35.5. The molecule has 3 rings (SSSR count). The number of ether oxygens (including phenoxy) is 1. The van der Waals surface area contributed by atoms with Crippen LogP contribution in [0.25, 0.3) is 0 Å². The molecular weight excluding hydrogens is 420 g/mol. The molecule has 1 saturated heterocycles. The molecule has 1 fully saturated rings. The summed E-state index contributed by atoms with van der Waals surface area (Å²) in [5, 5.41) is 13.4. The van der Waals surface area contributed by atoms with E-state index in [9.17, 15) is 13.5 Å². The molecule has 0 radical (unpaired) electrons. The second kappa shape index (κ2) is 9.67. The molecule has 0 spiro atoms. The molecule has 0 bridgehead atoms. The topological polar surface area (TPSA) is 78.9 Å². The standard InChI is InChI=1S/C19H25ClN2O4S2/c1-28(24,25)17-4-2-3-14(9-17)10-19(23)21-11-15-12-22(7-8-26-15)13-16-5-6-18(20)27-16/h2-6,9,15,19,21,23H,7-8,10-13H2,1H3. The van der Waals surface area contributed by atoms with Gasteiger partial charge in [-0.25, -0.2) is 8.42 Å². The third-order valence-electron chi connectivity index (χ3n) is 4.57. The second-order valence-electron chi connectivity index (χ2n) is 6.98. The van der Waals surface area contributed by atoms with E-state index in [-0.39, 0.29) is 11.0 Å². The van der Waals surface area contributed by atoms with Crippen LogP contribution in [0.2, 0.25) is 4.34 Å². The van der Waals surface area contributed by atoms with E-state index < -0.39 is 16.1 Å². The molecule has 1 aliphatic heterocycles. The van der Waals surface area contributed by atoms with Gasteiger partial charge in [0.2, 0.25) is 0 Å². The Labute approximate surface area is 175 Å². The molecule has 0 aliphatic carbocycles. The van der Waals surface area contributed by atoms with Crippen molar-refractivity contribution in [3.63, 3.8) is 0 Å². The van der Waals surface area contributed by atoms with Gasteiger partial charge >= 0.3 is 0 Å². The van der Waals surface area contributed by atoms with E-state index in [0.29, 0.717) is 19.6 Å². The van der Waals surface area contributed by atoms with Crippen molar-refractivity contribution in [1.29, 1.82) is 0 Å². The fraction of sp³-hybridized carbons (Fsp3) is 0.474. The molecule has 0 amide bonds. The minimum absolute atomic E-state index is 0.0128. The summed E-state index contributed by atoms with van der Waals surface area (Å²) in [7, 11) is -3.26. The van der Waals surface area contributed by atoms with Crippen molar-refractivity contribution in [2.24, 2.45) is 0 Å². The van der Waals surface area contributed by atoms with Gasteiger partial charge in [0.25, 0.3) is 0 Å². The van der Waals surface area contributed by atoms with Crippen LogP contribution in [0.3, 0.4) is 0 Å². The number of thiophene rings is 1. The molecule has 1 aromatic heterocycles. The summed E-state index contributed by atoms with van der Waals surface area (Å²) >= 11 is 7.59. The van der Waals surface area contributed by atoms with Crippen molar-refractivity contribution in [3.8, 4) is 0 Å². The van der Waals surface area contributed by atoms with E-state index in [4.69, 9.17) is 16.3 Å². The van der Waals surface area contributed by atoms with E-state index in [0.717, 1.165) is 29.5 Å². The first-order valence-corrected chi connectivity index (χ1v) is 12.2. The number of nitrogens with one attached hydrogen (secondary N) is 1. The van der Waals surface area contributed by atoms with Gasteiger partial charge in [0.1, 0.15) is 6.23 Å². The smallest absolute Gasteiger partial charge is 0.175 e. The van der Waals surface area contributed by atoms with Gasteiger partial charge in [0.05, 0.1) is 21.9 Å². The van der Waals surface area contributed by atoms with Crippen molar-refractivity contribution in [3.05, 3.63) is 51.2 Å². The van der Waals surface area contributed by atoms with Gasteiger partial charge in [-0.05, 0) is 29.8 Å². The highest BCUT2D eigenvalue weighted by Crippen LogP contribution is 2.23. The largest absolute Gasteiger partial charge is 0.378 e. The summed E-state index contributed by atoms with van der Waals surface area (Å²) in [6, 6.07) is 10.6. The summed E-state index contributed by atoms with van der Waals surface area (Å²) in [6.07, 6.45) is 0.719. The summed E-state index contributed by atoms with van der Waals surface area (Å²) in [5.74, 6) is 0. The summed E-state index contributed by atoms with van der Waals surface area (Å²) in [4.78, 5) is 3.81. The lowest BCUT2D eigenvalue weighted by Crippen LogP contribution is -2.48. The fourth-order valence-electron chi connectivity index (χ4n) is 3.17. The van der Waals surface area contributed by atoms with Crippen LogP contribution in [-0.4, -0.2) is 63.3 Å². The van der Waals surface area contributed by atoms with Crippen LogP contribution in [0.5, 0.6) is 0 Å². The highest BCUT2D eigenvalue weighted by Gasteiger charge is 2.21. The first-order chi connectivity index (χ1) is 13.3. The maximum absolute atomic E-state index is 11.7. The monoisotopic (exact) mass is 444 g/mol. The molecule has 2 aromatic rings. The van der Waals surface area contributed by atoms with Crippen molar-refractivity contribution < 1.29 is 18.3 Å². The van der Waals surface area contributed by atoms with E-state index in [2.05, 4.69) is 10.2 Å². The first-order valence-electron chi connectivity index (χ1n) is 9.08. The zero-order valence-corrected chi connectivity index (χ0v) is 18.1. The van der Waals surface area contributed by atoms with E-state index in [1.165, 1.54) is 11.1 Å². The molecule has 154 valence electrons. The Morgan fingerprint density at radius 1 is 1.39 bits per heavy atom. The quantitative estimate of drug-likeness (QED) is 0.607. The maximum atomic E-state index is 11.7. The highest BCUT2D eigenvalue weighted by molar-refractivity contribution is 7.90. The van der Waals surface area contributed by atoms with Crippen LogP contribution in [0.1, 0.15) is 10.4 Å². The lowest BCUT2D eigenvalue weighted by Gasteiger charge is -2.33. The minimum Gasteiger partial charge on any atom is -0.378 e. The number of benzene rings is 1. The number of nitrogens with zero attached hydrogens (tertiary/aromatic N) is 1. The number of morpholine rings is 1. The predicted molar refractivity (Wildman–Crippen MR) is 112 cm³/mol. The number of hydrogen-bond donors (Lipinski definition) is 2. The van der Waals surface area contributed by atoms with Crippen LogP contribution in [0, 0.1) is 0 Å². The predicted octanol–water partition coefficient (Wildman–Crippen LogP) is 2.16. The van der Waals surface area contributed by atoms with Gasteiger partial charge in [0, 0.05) is 43.7 Å². The summed E-state index contributed by atoms with van der Waals surface area (Å²) < 4.78 is 29.9. The molecule has 9 heteroatoms. The molecule has 2 heterocycles. The Bertz CT molecular complexity index is 888. The number of rotatable bonds is 8.